The van der Waals surface area contributed by atoms with Crippen LogP contribution in [0, 0.1) is 20.8 Å². The molecule has 2 N–H and O–H groups in total. The standard InChI is InChI=1S/C20H24N2O6/c1-10-11(2)18-15(12(3)17(10)26-13(4)23)6-7-20(5,27-18)19(25)21-9-14-8-16(24)22-28-14/h8H,6-7,9H2,1-5H3,(H,21,25)(H,22,24). The Balaban J connectivity index is 1.85. The Morgan fingerprint density at radius 3 is 2.57 bits per heavy atom. The number of hydrogen-bond acceptors (Lipinski definition) is 6. The molecule has 1 unspecified atom stereocenters. The lowest BCUT2D eigenvalue weighted by atomic mass is 9.86. The summed E-state index contributed by atoms with van der Waals surface area (Å²) < 4.78 is 16.5. The van der Waals surface area contributed by atoms with E-state index in [1.807, 2.05) is 20.8 Å². The highest BCUT2D eigenvalue weighted by Crippen LogP contribution is 2.43. The maximum Gasteiger partial charge on any atom is 0.308 e. The molecule has 0 radical (unpaired) electrons. The van der Waals surface area contributed by atoms with Crippen molar-refractivity contribution in [2.75, 3.05) is 0 Å². The van der Waals surface area contributed by atoms with E-state index in [0.29, 0.717) is 30.1 Å². The summed E-state index contributed by atoms with van der Waals surface area (Å²) in [5.74, 6) is 0.890. The van der Waals surface area contributed by atoms with Crippen LogP contribution in [0.2, 0.25) is 0 Å². The molecular weight excluding hydrogens is 364 g/mol. The molecule has 2 aromatic rings. The number of ether oxygens (including phenoxy) is 2. The maximum absolute atomic E-state index is 12.8. The molecule has 1 atom stereocenters. The fourth-order valence-electron chi connectivity index (χ4n) is 3.45. The van der Waals surface area contributed by atoms with Crippen LogP contribution in [0.3, 0.4) is 0 Å². The number of carbonyl (C=O) groups is 2. The third-order valence-corrected chi connectivity index (χ3v) is 5.21. The van der Waals surface area contributed by atoms with Crippen molar-refractivity contribution in [3.63, 3.8) is 0 Å². The molecule has 3 rings (SSSR count). The molecule has 0 fully saturated rings. The van der Waals surface area contributed by atoms with E-state index in [-0.39, 0.29) is 24.0 Å². The van der Waals surface area contributed by atoms with Crippen LogP contribution in [-0.2, 0) is 22.6 Å². The van der Waals surface area contributed by atoms with Gasteiger partial charge in [-0.2, -0.15) is 5.16 Å². The summed E-state index contributed by atoms with van der Waals surface area (Å²) >= 11 is 0. The summed E-state index contributed by atoms with van der Waals surface area (Å²) in [6.07, 6.45) is 1.07. The van der Waals surface area contributed by atoms with Crippen LogP contribution in [-0.4, -0.2) is 22.6 Å². The van der Waals surface area contributed by atoms with Crippen molar-refractivity contribution in [2.45, 2.75) is 59.6 Å². The van der Waals surface area contributed by atoms with E-state index >= 15 is 0 Å². The number of aromatic amines is 1. The summed E-state index contributed by atoms with van der Waals surface area (Å²) in [7, 11) is 0. The highest BCUT2D eigenvalue weighted by atomic mass is 16.5. The number of amides is 1. The van der Waals surface area contributed by atoms with Crippen molar-refractivity contribution in [1.29, 1.82) is 0 Å². The molecule has 0 spiro atoms. The molecule has 1 aromatic heterocycles. The van der Waals surface area contributed by atoms with Gasteiger partial charge in [-0.3, -0.25) is 14.4 Å². The summed E-state index contributed by atoms with van der Waals surface area (Å²) in [6.45, 7) is 8.85. The minimum atomic E-state index is -1.06. The van der Waals surface area contributed by atoms with Crippen LogP contribution in [0.4, 0.5) is 0 Å². The van der Waals surface area contributed by atoms with Crippen molar-refractivity contribution in [3.8, 4) is 11.5 Å². The summed E-state index contributed by atoms with van der Waals surface area (Å²) in [4.78, 5) is 35.3. The highest BCUT2D eigenvalue weighted by Gasteiger charge is 2.41. The van der Waals surface area contributed by atoms with Crippen LogP contribution in [0.25, 0.3) is 0 Å². The van der Waals surface area contributed by atoms with E-state index < -0.39 is 5.60 Å². The molecule has 8 heteroatoms. The molecule has 0 saturated carbocycles. The van der Waals surface area contributed by atoms with Crippen LogP contribution < -0.4 is 20.3 Å². The molecule has 1 aromatic carbocycles. The smallest absolute Gasteiger partial charge is 0.308 e. The number of nitrogens with one attached hydrogen (secondary N) is 2. The number of carbonyl (C=O) groups excluding carboxylic acids is 2. The maximum atomic E-state index is 12.8. The number of esters is 1. The number of fused-ring (bicyclic) bond motifs is 1. The lowest BCUT2D eigenvalue weighted by molar-refractivity contribution is -0.137. The molecule has 0 aliphatic carbocycles. The Kier molecular flexibility index (Phi) is 5.06. The van der Waals surface area contributed by atoms with E-state index in [1.165, 1.54) is 13.0 Å². The van der Waals surface area contributed by atoms with Gasteiger partial charge in [0.1, 0.15) is 11.5 Å². The average Bonchev–Trinajstić information content (AvgIpc) is 3.06. The van der Waals surface area contributed by atoms with E-state index in [1.54, 1.807) is 6.92 Å². The van der Waals surface area contributed by atoms with Crippen molar-refractivity contribution in [2.24, 2.45) is 0 Å². The fourth-order valence-corrected chi connectivity index (χ4v) is 3.45. The Bertz CT molecular complexity index is 1000. The molecule has 150 valence electrons. The van der Waals surface area contributed by atoms with Crippen molar-refractivity contribution >= 4 is 11.9 Å². The first-order chi connectivity index (χ1) is 13.1. The second-order valence-electron chi connectivity index (χ2n) is 7.30. The van der Waals surface area contributed by atoms with Crippen LogP contribution in [0.15, 0.2) is 15.4 Å². The van der Waals surface area contributed by atoms with Crippen molar-refractivity contribution < 1.29 is 23.6 Å². The topological polar surface area (TPSA) is 111 Å². The van der Waals surface area contributed by atoms with Gasteiger partial charge in [0.25, 0.3) is 11.5 Å². The van der Waals surface area contributed by atoms with Gasteiger partial charge in [-0.15, -0.1) is 0 Å². The third-order valence-electron chi connectivity index (χ3n) is 5.21. The van der Waals surface area contributed by atoms with Crippen LogP contribution >= 0.6 is 0 Å². The molecule has 1 aliphatic heterocycles. The Morgan fingerprint density at radius 2 is 1.96 bits per heavy atom. The quantitative estimate of drug-likeness (QED) is 0.614. The minimum absolute atomic E-state index is 0.0891. The number of H-pyrrole nitrogens is 1. The minimum Gasteiger partial charge on any atom is -0.477 e. The summed E-state index contributed by atoms with van der Waals surface area (Å²) in [5.41, 5.74) is 2.03. The number of hydrogen-bond donors (Lipinski definition) is 2. The average molecular weight is 388 g/mol. The van der Waals surface area contributed by atoms with E-state index in [2.05, 4.69) is 10.5 Å². The normalized spacial score (nSPS) is 18.2. The molecule has 28 heavy (non-hydrogen) atoms. The van der Waals surface area contributed by atoms with E-state index in [0.717, 1.165) is 22.3 Å². The monoisotopic (exact) mass is 388 g/mol. The first-order valence-corrected chi connectivity index (χ1v) is 9.08. The van der Waals surface area contributed by atoms with Gasteiger partial charge in [0.2, 0.25) is 0 Å². The number of aromatic nitrogens is 1. The zero-order valence-corrected chi connectivity index (χ0v) is 16.6. The van der Waals surface area contributed by atoms with Gasteiger partial charge in [-0.1, -0.05) is 0 Å². The second kappa shape index (κ2) is 7.18. The highest BCUT2D eigenvalue weighted by molar-refractivity contribution is 5.86. The van der Waals surface area contributed by atoms with Gasteiger partial charge in [0.05, 0.1) is 6.54 Å². The molecular formula is C20H24N2O6. The molecule has 0 bridgehead atoms. The molecule has 2 heterocycles. The zero-order chi connectivity index (χ0) is 20.6. The number of rotatable bonds is 4. The van der Waals surface area contributed by atoms with Crippen molar-refractivity contribution in [1.82, 2.24) is 10.5 Å². The largest absolute Gasteiger partial charge is 0.477 e. The van der Waals surface area contributed by atoms with Gasteiger partial charge in [-0.25, -0.2) is 0 Å². The van der Waals surface area contributed by atoms with E-state index in [9.17, 15) is 14.4 Å². The summed E-state index contributed by atoms with van der Waals surface area (Å²) in [5, 5.41) is 4.94. The van der Waals surface area contributed by atoms with Gasteiger partial charge >= 0.3 is 5.97 Å². The first kappa shape index (κ1) is 19.7. The van der Waals surface area contributed by atoms with Gasteiger partial charge in [-0.05, 0) is 50.8 Å². The Morgan fingerprint density at radius 1 is 1.25 bits per heavy atom. The molecule has 1 aliphatic rings. The zero-order valence-electron chi connectivity index (χ0n) is 16.6. The molecule has 1 amide bonds. The van der Waals surface area contributed by atoms with Crippen molar-refractivity contribution in [3.05, 3.63) is 44.4 Å². The van der Waals surface area contributed by atoms with Gasteiger partial charge in [0, 0.05) is 25.0 Å². The molecule has 0 saturated heterocycles. The lowest BCUT2D eigenvalue weighted by Crippen LogP contribution is -2.50. The first-order valence-electron chi connectivity index (χ1n) is 9.08. The third kappa shape index (κ3) is 3.54. The molecule has 8 nitrogen and oxygen atoms in total. The SMILES string of the molecule is CC(=O)Oc1c(C)c(C)c2c(c1C)CCC(C)(C(=O)NCc1cc(=O)[nH]o1)O2. The second-order valence-corrected chi connectivity index (χ2v) is 7.30. The van der Waals surface area contributed by atoms with Crippen LogP contribution in [0.5, 0.6) is 11.5 Å². The van der Waals surface area contributed by atoms with Gasteiger partial charge in [0.15, 0.2) is 11.4 Å². The van der Waals surface area contributed by atoms with Crippen LogP contribution in [0.1, 0.15) is 48.3 Å². The Hall–Kier alpha value is -3.03. The Labute approximate surface area is 162 Å². The van der Waals surface area contributed by atoms with E-state index in [4.69, 9.17) is 14.0 Å². The fraction of sp³-hybridized carbons (Fsp3) is 0.450. The van der Waals surface area contributed by atoms with Gasteiger partial charge < -0.3 is 19.3 Å². The number of benzene rings is 1. The predicted octanol–water partition coefficient (Wildman–Crippen LogP) is 2.22. The lowest BCUT2D eigenvalue weighted by Gasteiger charge is -2.36. The summed E-state index contributed by atoms with van der Waals surface area (Å²) in [6, 6.07) is 1.28. The predicted molar refractivity (Wildman–Crippen MR) is 100 cm³/mol.